The second kappa shape index (κ2) is 17.2. The highest BCUT2D eigenvalue weighted by Crippen LogP contribution is 2.33. The van der Waals surface area contributed by atoms with Crippen molar-refractivity contribution in [1.82, 2.24) is 14.9 Å². The van der Waals surface area contributed by atoms with E-state index in [2.05, 4.69) is 32.4 Å². The molecule has 0 aromatic carbocycles. The number of aromatic nitrogens is 2. The standard InChI is InChI=1S/C18H23N3O2S.3C2HF3O2/c1-13-20-15(12-24-13)11-23-17-3-2-16-18(17)22-9-8-21(16)10-14-4-6-19-7-5-14;3*3-2(4,5)1(6)7/h4-7,12,16-18H,2-3,8-11H2,1H3;3*(H,6,7)/t16-,17+,18+;;;/m0.../s1. The number of morpholine rings is 1. The molecule has 1 saturated heterocycles. The highest BCUT2D eigenvalue weighted by molar-refractivity contribution is 7.09. The molecule has 3 N–H and O–H groups in total. The maximum atomic E-state index is 10.6. The topological polar surface area (TPSA) is 159 Å². The largest absolute Gasteiger partial charge is 0.490 e. The fourth-order valence-corrected chi connectivity index (χ4v) is 4.35. The lowest BCUT2D eigenvalue weighted by Gasteiger charge is -2.39. The fourth-order valence-electron chi connectivity index (χ4n) is 3.76. The molecule has 21 heteroatoms. The van der Waals surface area contributed by atoms with Crippen molar-refractivity contribution in [3.63, 3.8) is 0 Å². The second-order valence-electron chi connectivity index (χ2n) is 8.92. The molecule has 45 heavy (non-hydrogen) atoms. The molecule has 0 radical (unpaired) electrons. The number of aryl methyl sites for hydroxylation is 1. The molecule has 3 atom stereocenters. The molecule has 2 aromatic rings. The summed E-state index contributed by atoms with van der Waals surface area (Å²) in [6.45, 7) is 5.35. The molecule has 0 unspecified atom stereocenters. The average molecular weight is 688 g/mol. The first-order valence-corrected chi connectivity index (χ1v) is 13.2. The number of pyridine rings is 1. The molecule has 2 aromatic heterocycles. The van der Waals surface area contributed by atoms with Gasteiger partial charge in [0.1, 0.15) is 0 Å². The third-order valence-corrected chi connectivity index (χ3v) is 6.45. The van der Waals surface area contributed by atoms with Crippen molar-refractivity contribution in [1.29, 1.82) is 0 Å². The number of rotatable bonds is 5. The van der Waals surface area contributed by atoms with E-state index in [4.69, 9.17) is 39.2 Å². The summed E-state index contributed by atoms with van der Waals surface area (Å²) < 4.78 is 107. The monoisotopic (exact) mass is 687 g/mol. The van der Waals surface area contributed by atoms with Crippen LogP contribution in [0.5, 0.6) is 0 Å². The van der Waals surface area contributed by atoms with E-state index in [9.17, 15) is 39.5 Å². The Hall–Kier alpha value is -3.56. The number of nitrogens with zero attached hydrogens (tertiary/aromatic N) is 3. The van der Waals surface area contributed by atoms with Crippen LogP contribution in [0.25, 0.3) is 0 Å². The van der Waals surface area contributed by atoms with E-state index in [1.54, 1.807) is 11.3 Å². The summed E-state index contributed by atoms with van der Waals surface area (Å²) >= 11 is 1.68. The third kappa shape index (κ3) is 14.8. The Balaban J connectivity index is 0.000000396. The van der Waals surface area contributed by atoms with E-state index in [0.29, 0.717) is 12.6 Å². The Morgan fingerprint density at radius 2 is 1.42 bits per heavy atom. The Labute approximate surface area is 252 Å². The molecule has 0 bridgehead atoms. The Bertz CT molecular complexity index is 1170. The van der Waals surface area contributed by atoms with E-state index < -0.39 is 36.4 Å². The van der Waals surface area contributed by atoms with Gasteiger partial charge in [-0.3, -0.25) is 9.88 Å². The van der Waals surface area contributed by atoms with Gasteiger partial charge in [0, 0.05) is 36.9 Å². The van der Waals surface area contributed by atoms with E-state index >= 15 is 0 Å². The van der Waals surface area contributed by atoms with Crippen molar-refractivity contribution in [2.24, 2.45) is 0 Å². The van der Waals surface area contributed by atoms with Crippen LogP contribution in [0, 0.1) is 6.92 Å². The summed E-state index contributed by atoms with van der Waals surface area (Å²) in [5.41, 5.74) is 2.35. The van der Waals surface area contributed by atoms with Crippen LogP contribution in [0.1, 0.15) is 29.1 Å². The molecule has 3 heterocycles. The molecule has 1 saturated carbocycles. The number of alkyl halides is 9. The minimum Gasteiger partial charge on any atom is -0.475 e. The Morgan fingerprint density at radius 3 is 1.84 bits per heavy atom. The van der Waals surface area contributed by atoms with Gasteiger partial charge in [-0.15, -0.1) is 11.3 Å². The molecular weight excluding hydrogens is 661 g/mol. The van der Waals surface area contributed by atoms with Crippen LogP contribution in [-0.4, -0.2) is 98.0 Å². The number of fused-ring (bicyclic) bond motifs is 1. The summed E-state index contributed by atoms with van der Waals surface area (Å²) in [6.07, 6.45) is -8.97. The van der Waals surface area contributed by atoms with Crippen molar-refractivity contribution < 1.29 is 78.7 Å². The quantitative estimate of drug-likeness (QED) is 0.374. The van der Waals surface area contributed by atoms with Crippen LogP contribution in [0.4, 0.5) is 39.5 Å². The second-order valence-corrected chi connectivity index (χ2v) is 9.98. The van der Waals surface area contributed by atoms with Gasteiger partial charge < -0.3 is 24.8 Å². The molecule has 2 aliphatic rings. The normalized spacial score (nSPS) is 19.8. The number of aliphatic carboxylic acids is 3. The number of thiazole rings is 1. The molecule has 11 nitrogen and oxygen atoms in total. The molecule has 1 aliphatic heterocycles. The van der Waals surface area contributed by atoms with Crippen molar-refractivity contribution in [3.8, 4) is 0 Å². The highest BCUT2D eigenvalue weighted by atomic mass is 32.1. The van der Waals surface area contributed by atoms with Crippen LogP contribution in [-0.2, 0) is 37.0 Å². The lowest BCUT2D eigenvalue weighted by atomic mass is 10.1. The maximum Gasteiger partial charge on any atom is 0.490 e. The van der Waals surface area contributed by atoms with E-state index in [-0.39, 0.29) is 12.2 Å². The van der Waals surface area contributed by atoms with Crippen molar-refractivity contribution in [2.45, 2.75) is 69.7 Å². The first-order chi connectivity index (χ1) is 20.6. The number of carboxylic acids is 3. The summed E-state index contributed by atoms with van der Waals surface area (Å²) in [6, 6.07) is 4.64. The predicted molar refractivity (Wildman–Crippen MR) is 134 cm³/mol. The van der Waals surface area contributed by atoms with E-state index in [1.807, 2.05) is 19.3 Å². The molecule has 0 spiro atoms. The lowest BCUT2D eigenvalue weighted by Crippen LogP contribution is -2.51. The summed E-state index contributed by atoms with van der Waals surface area (Å²) in [4.78, 5) is 37.8. The number of carboxylic acid groups (broad SMARTS) is 3. The van der Waals surface area contributed by atoms with Gasteiger partial charge in [0.2, 0.25) is 0 Å². The zero-order chi connectivity index (χ0) is 34.6. The van der Waals surface area contributed by atoms with Gasteiger partial charge in [0.15, 0.2) is 0 Å². The van der Waals surface area contributed by atoms with E-state index in [1.165, 1.54) is 5.56 Å². The minimum atomic E-state index is -5.08. The SMILES string of the molecule is Cc1nc(CO[C@@H]2CC[C@H]3[C@H]2OCCN3Cc2ccncc2)cs1.O=C(O)C(F)(F)F.O=C(O)C(F)(F)F.O=C(O)C(F)(F)F. The van der Waals surface area contributed by atoms with Crippen molar-refractivity contribution >= 4 is 29.2 Å². The van der Waals surface area contributed by atoms with Gasteiger partial charge in [-0.05, 0) is 37.5 Å². The molecule has 1 aliphatic carbocycles. The fraction of sp³-hybridized carbons (Fsp3) is 0.542. The van der Waals surface area contributed by atoms with Crippen molar-refractivity contribution in [3.05, 3.63) is 46.2 Å². The summed E-state index contributed by atoms with van der Waals surface area (Å²) in [5, 5.41) is 24.6. The van der Waals surface area contributed by atoms with Crippen LogP contribution in [0.2, 0.25) is 0 Å². The molecular formula is C24H26F9N3O8S. The minimum absolute atomic E-state index is 0.178. The number of hydrogen-bond acceptors (Lipinski definition) is 9. The smallest absolute Gasteiger partial charge is 0.475 e. The predicted octanol–water partition coefficient (Wildman–Crippen LogP) is 4.70. The first kappa shape index (κ1) is 39.5. The number of carbonyl (C=O) groups is 3. The van der Waals surface area contributed by atoms with Gasteiger partial charge in [-0.25, -0.2) is 19.4 Å². The van der Waals surface area contributed by atoms with Gasteiger partial charge >= 0.3 is 36.4 Å². The van der Waals surface area contributed by atoms with Gasteiger partial charge in [0.25, 0.3) is 0 Å². The zero-order valence-electron chi connectivity index (χ0n) is 22.9. The van der Waals surface area contributed by atoms with Crippen LogP contribution in [0.3, 0.4) is 0 Å². The first-order valence-electron chi connectivity index (χ1n) is 12.3. The van der Waals surface area contributed by atoms with Crippen LogP contribution in [0.15, 0.2) is 29.9 Å². The molecule has 254 valence electrons. The summed E-state index contributed by atoms with van der Waals surface area (Å²) in [5.74, 6) is -8.27. The number of ether oxygens (including phenoxy) is 2. The zero-order valence-corrected chi connectivity index (χ0v) is 23.7. The Morgan fingerprint density at radius 1 is 0.933 bits per heavy atom. The Kier molecular flexibility index (Phi) is 15.1. The van der Waals surface area contributed by atoms with Gasteiger partial charge in [0.05, 0.1) is 36.1 Å². The molecule has 2 fully saturated rings. The average Bonchev–Trinajstić information content (AvgIpc) is 3.54. The van der Waals surface area contributed by atoms with E-state index in [0.717, 1.165) is 43.2 Å². The van der Waals surface area contributed by atoms with Crippen LogP contribution < -0.4 is 0 Å². The van der Waals surface area contributed by atoms with Gasteiger partial charge in [-0.2, -0.15) is 39.5 Å². The third-order valence-electron chi connectivity index (χ3n) is 5.62. The maximum absolute atomic E-state index is 10.6. The van der Waals surface area contributed by atoms with Crippen LogP contribution >= 0.6 is 11.3 Å². The highest BCUT2D eigenvalue weighted by Gasteiger charge is 2.43. The number of hydrogen-bond donors (Lipinski definition) is 3. The van der Waals surface area contributed by atoms with Gasteiger partial charge in [-0.1, -0.05) is 0 Å². The summed E-state index contributed by atoms with van der Waals surface area (Å²) in [7, 11) is 0. The van der Waals surface area contributed by atoms with Crippen molar-refractivity contribution in [2.75, 3.05) is 13.2 Å². The molecule has 4 rings (SSSR count). The lowest BCUT2D eigenvalue weighted by molar-refractivity contribution is -0.193. The number of halogens is 9. The molecule has 0 amide bonds.